The van der Waals surface area contributed by atoms with Crippen LogP contribution < -0.4 is 0 Å². The lowest BCUT2D eigenvalue weighted by molar-refractivity contribution is -0.139. The third-order valence-electron chi connectivity index (χ3n) is 5.44. The molecule has 2 heterocycles. The first-order valence-electron chi connectivity index (χ1n) is 9.56. The Morgan fingerprint density at radius 2 is 1.63 bits per heavy atom. The highest BCUT2D eigenvalue weighted by atomic mass is 16.2. The average molecular weight is 368 g/mol. The molecule has 1 fully saturated rings. The van der Waals surface area contributed by atoms with Crippen molar-refractivity contribution in [1.82, 2.24) is 30.0 Å². The summed E-state index contributed by atoms with van der Waals surface area (Å²) >= 11 is 0. The predicted octanol–water partition coefficient (Wildman–Crippen LogP) is 0.465. The molecule has 1 aromatic heterocycles. The highest BCUT2D eigenvalue weighted by molar-refractivity contribution is 5.80. The molecular weight excluding hydrogens is 344 g/mol. The second-order valence-corrected chi connectivity index (χ2v) is 7.26. The zero-order valence-corrected chi connectivity index (χ0v) is 15.4. The van der Waals surface area contributed by atoms with Crippen LogP contribution in [0.1, 0.15) is 29.5 Å². The molecule has 1 saturated heterocycles. The Bertz CT molecular complexity index is 812. The van der Waals surface area contributed by atoms with Gasteiger partial charge in [0.05, 0.1) is 6.42 Å². The molecule has 1 aromatic carbocycles. The van der Waals surface area contributed by atoms with Crippen LogP contribution in [0, 0.1) is 0 Å². The third-order valence-corrected chi connectivity index (χ3v) is 5.44. The second-order valence-electron chi connectivity index (χ2n) is 7.26. The molecule has 0 N–H and O–H groups in total. The van der Waals surface area contributed by atoms with Crippen LogP contribution in [-0.2, 0) is 35.4 Å². The summed E-state index contributed by atoms with van der Waals surface area (Å²) in [6.07, 6.45) is 6.65. The van der Waals surface area contributed by atoms with Gasteiger partial charge in [0.15, 0.2) is 0 Å². The Kier molecular flexibility index (Phi) is 5.13. The number of hydrogen-bond donors (Lipinski definition) is 0. The molecule has 2 aromatic rings. The van der Waals surface area contributed by atoms with Crippen LogP contribution in [-0.4, -0.2) is 68.0 Å². The van der Waals surface area contributed by atoms with Crippen molar-refractivity contribution in [2.75, 3.05) is 26.2 Å². The van der Waals surface area contributed by atoms with Gasteiger partial charge in [0.1, 0.15) is 12.9 Å². The molecule has 0 atom stereocenters. The second kappa shape index (κ2) is 7.85. The molecule has 0 bridgehead atoms. The zero-order chi connectivity index (χ0) is 18.6. The number of aryl methyl sites for hydroxylation is 2. The molecule has 1 aliphatic carbocycles. The number of aromatic nitrogens is 4. The number of benzene rings is 1. The number of hydrogen-bond acceptors (Lipinski definition) is 5. The van der Waals surface area contributed by atoms with E-state index in [-0.39, 0.29) is 18.4 Å². The van der Waals surface area contributed by atoms with Gasteiger partial charge in [-0.2, -0.15) is 0 Å². The van der Waals surface area contributed by atoms with E-state index < -0.39 is 0 Å². The van der Waals surface area contributed by atoms with Crippen LogP contribution in [0.3, 0.4) is 0 Å². The topological polar surface area (TPSA) is 84.2 Å². The smallest absolute Gasteiger partial charge is 0.244 e. The molecule has 27 heavy (non-hydrogen) atoms. The highest BCUT2D eigenvalue weighted by Crippen LogP contribution is 2.22. The van der Waals surface area contributed by atoms with E-state index in [0.29, 0.717) is 32.6 Å². The van der Waals surface area contributed by atoms with Gasteiger partial charge in [0.2, 0.25) is 11.8 Å². The van der Waals surface area contributed by atoms with Gasteiger partial charge in [-0.15, -0.1) is 5.10 Å². The summed E-state index contributed by atoms with van der Waals surface area (Å²) in [6, 6.07) is 6.49. The molecule has 0 radical (unpaired) electrons. The molecule has 4 rings (SSSR count). The van der Waals surface area contributed by atoms with Crippen molar-refractivity contribution in [3.05, 3.63) is 41.2 Å². The first kappa shape index (κ1) is 17.6. The number of carbonyl (C=O) groups excluding carboxylic acids is 2. The number of rotatable bonds is 4. The lowest BCUT2D eigenvalue weighted by atomic mass is 9.90. The summed E-state index contributed by atoms with van der Waals surface area (Å²) in [5.41, 5.74) is 3.94. The first-order valence-corrected chi connectivity index (χ1v) is 9.56. The van der Waals surface area contributed by atoms with E-state index in [4.69, 9.17) is 0 Å². The van der Waals surface area contributed by atoms with E-state index >= 15 is 0 Å². The Hall–Kier alpha value is -2.77. The Labute approximate surface area is 158 Å². The fourth-order valence-electron chi connectivity index (χ4n) is 3.88. The maximum Gasteiger partial charge on any atom is 0.244 e. The minimum Gasteiger partial charge on any atom is -0.339 e. The van der Waals surface area contributed by atoms with E-state index in [0.717, 1.165) is 18.4 Å². The largest absolute Gasteiger partial charge is 0.339 e. The Morgan fingerprint density at radius 3 is 2.33 bits per heavy atom. The normalized spacial score (nSPS) is 16.9. The quantitative estimate of drug-likeness (QED) is 0.783. The van der Waals surface area contributed by atoms with Gasteiger partial charge in [-0.1, -0.05) is 18.2 Å². The van der Waals surface area contributed by atoms with Crippen molar-refractivity contribution in [2.45, 2.75) is 38.6 Å². The summed E-state index contributed by atoms with van der Waals surface area (Å²) in [5, 5.41) is 10.8. The molecule has 2 aliphatic rings. The lowest BCUT2D eigenvalue weighted by Crippen LogP contribution is -2.51. The fraction of sp³-hybridized carbons (Fsp3) is 0.526. The minimum atomic E-state index is -0.0240. The molecule has 142 valence electrons. The van der Waals surface area contributed by atoms with Crippen molar-refractivity contribution in [2.24, 2.45) is 0 Å². The SMILES string of the molecule is O=C(Cc1ccc2c(c1)CCCC2)N1CCN(C(=O)Cn2cnnn2)CC1. The van der Waals surface area contributed by atoms with Gasteiger partial charge < -0.3 is 9.80 Å². The molecule has 0 spiro atoms. The average Bonchev–Trinajstić information content (AvgIpc) is 3.21. The predicted molar refractivity (Wildman–Crippen MR) is 97.8 cm³/mol. The number of carbonyl (C=O) groups is 2. The van der Waals surface area contributed by atoms with E-state index in [2.05, 4.69) is 33.7 Å². The van der Waals surface area contributed by atoms with Gasteiger partial charge in [-0.3, -0.25) is 9.59 Å². The minimum absolute atomic E-state index is 0.0240. The van der Waals surface area contributed by atoms with Gasteiger partial charge in [-0.05, 0) is 52.8 Å². The first-order chi connectivity index (χ1) is 13.2. The molecule has 0 unspecified atom stereocenters. The van der Waals surface area contributed by atoms with Crippen LogP contribution in [0.15, 0.2) is 24.5 Å². The molecule has 0 saturated carbocycles. The summed E-state index contributed by atoms with van der Waals surface area (Å²) in [4.78, 5) is 28.6. The maximum absolute atomic E-state index is 12.7. The van der Waals surface area contributed by atoms with Gasteiger partial charge in [0, 0.05) is 26.2 Å². The van der Waals surface area contributed by atoms with E-state index in [1.54, 1.807) is 4.90 Å². The molecular formula is C19H24N6O2. The molecule has 1 aliphatic heterocycles. The molecule has 8 nitrogen and oxygen atoms in total. The van der Waals surface area contributed by atoms with Crippen molar-refractivity contribution in [1.29, 1.82) is 0 Å². The van der Waals surface area contributed by atoms with Crippen LogP contribution in [0.25, 0.3) is 0 Å². The Balaban J connectivity index is 1.29. The standard InChI is InChI=1S/C19H24N6O2/c26-18(12-15-5-6-16-3-1-2-4-17(16)11-15)23-7-9-24(10-8-23)19(27)13-25-14-20-21-22-25/h5-6,11,14H,1-4,7-10,12-13H2. The number of nitrogens with zero attached hydrogens (tertiary/aromatic N) is 6. The van der Waals surface area contributed by atoms with Crippen molar-refractivity contribution >= 4 is 11.8 Å². The fourth-order valence-corrected chi connectivity index (χ4v) is 3.88. The third kappa shape index (κ3) is 4.15. The summed E-state index contributed by atoms with van der Waals surface area (Å²) in [7, 11) is 0. The zero-order valence-electron chi connectivity index (χ0n) is 15.4. The summed E-state index contributed by atoms with van der Waals surface area (Å²) < 4.78 is 1.41. The van der Waals surface area contributed by atoms with Crippen LogP contribution in [0.5, 0.6) is 0 Å². The monoisotopic (exact) mass is 368 g/mol. The van der Waals surface area contributed by atoms with Crippen molar-refractivity contribution in [3.63, 3.8) is 0 Å². The number of fused-ring (bicyclic) bond motifs is 1. The van der Waals surface area contributed by atoms with Gasteiger partial charge in [0.25, 0.3) is 0 Å². The number of tetrazole rings is 1. The van der Waals surface area contributed by atoms with Crippen molar-refractivity contribution < 1.29 is 9.59 Å². The van der Waals surface area contributed by atoms with Crippen LogP contribution in [0.2, 0.25) is 0 Å². The Morgan fingerprint density at radius 1 is 0.926 bits per heavy atom. The molecule has 8 heteroatoms. The summed E-state index contributed by atoms with van der Waals surface area (Å²) in [5.74, 6) is 0.113. The maximum atomic E-state index is 12.7. The van der Waals surface area contributed by atoms with Crippen LogP contribution >= 0.6 is 0 Å². The van der Waals surface area contributed by atoms with E-state index in [1.165, 1.54) is 35.0 Å². The highest BCUT2D eigenvalue weighted by Gasteiger charge is 2.24. The number of amides is 2. The number of piperazine rings is 1. The summed E-state index contributed by atoms with van der Waals surface area (Å²) in [6.45, 7) is 2.39. The van der Waals surface area contributed by atoms with Crippen molar-refractivity contribution in [3.8, 4) is 0 Å². The van der Waals surface area contributed by atoms with Gasteiger partial charge >= 0.3 is 0 Å². The van der Waals surface area contributed by atoms with Gasteiger partial charge in [-0.25, -0.2) is 4.68 Å². The van der Waals surface area contributed by atoms with E-state index in [1.807, 2.05) is 4.90 Å². The lowest BCUT2D eigenvalue weighted by Gasteiger charge is -2.34. The van der Waals surface area contributed by atoms with Crippen LogP contribution in [0.4, 0.5) is 0 Å². The van der Waals surface area contributed by atoms with E-state index in [9.17, 15) is 9.59 Å². The molecule has 2 amide bonds.